The molecule has 3 amide bonds. The van der Waals surface area contributed by atoms with E-state index in [1.54, 1.807) is 18.2 Å². The molecule has 222 valence electrons. The summed E-state index contributed by atoms with van der Waals surface area (Å²) in [5.41, 5.74) is 1.55. The van der Waals surface area contributed by atoms with Crippen LogP contribution < -0.4 is 21.1 Å². The Morgan fingerprint density at radius 1 is 1.07 bits per heavy atom. The van der Waals surface area contributed by atoms with Crippen LogP contribution >= 0.6 is 11.6 Å². The Morgan fingerprint density at radius 3 is 2.37 bits per heavy atom. The van der Waals surface area contributed by atoms with Gasteiger partial charge >= 0.3 is 6.09 Å². The van der Waals surface area contributed by atoms with Crippen LogP contribution in [0.4, 0.5) is 4.79 Å². The van der Waals surface area contributed by atoms with Crippen LogP contribution in [0.5, 0.6) is 0 Å². The lowest BCUT2D eigenvalue weighted by Crippen LogP contribution is -2.54. The number of amides is 3. The molecule has 2 aromatic carbocycles. The molecule has 0 saturated carbocycles. The molecule has 3 rings (SSSR count). The third kappa shape index (κ3) is 9.83. The molecule has 1 fully saturated rings. The largest absolute Gasteiger partial charge is 0.441 e. The zero-order chi connectivity index (χ0) is 30.2. The van der Waals surface area contributed by atoms with Crippen LogP contribution in [-0.2, 0) is 35.6 Å². The number of ether oxygens (including phenoxy) is 1. The van der Waals surface area contributed by atoms with Gasteiger partial charge in [-0.3, -0.25) is 14.4 Å². The van der Waals surface area contributed by atoms with E-state index in [1.165, 1.54) is 0 Å². The fraction of sp³-hybridized carbons (Fsp3) is 0.429. The highest BCUT2D eigenvalue weighted by molar-refractivity contribution is 8.04. The van der Waals surface area contributed by atoms with Gasteiger partial charge < -0.3 is 20.7 Å². The summed E-state index contributed by atoms with van der Waals surface area (Å²) in [5.74, 6) is -1.90. The van der Waals surface area contributed by atoms with E-state index in [9.17, 15) is 27.6 Å². The molecular formula is C28H35ClN4O7S. The Morgan fingerprint density at radius 2 is 1.78 bits per heavy atom. The van der Waals surface area contributed by atoms with Gasteiger partial charge in [-0.1, -0.05) is 67.9 Å². The number of alkyl carbamates (subject to hydrolysis) is 1. The second kappa shape index (κ2) is 14.4. The topological polar surface area (TPSA) is 174 Å². The smallest absolute Gasteiger partial charge is 0.408 e. The maximum Gasteiger partial charge on any atom is 0.408 e. The number of nitrogens with two attached hydrogens (primary N) is 1. The lowest BCUT2D eigenvalue weighted by molar-refractivity contribution is -0.128. The number of benzene rings is 2. The summed E-state index contributed by atoms with van der Waals surface area (Å²) in [7, 11) is -4.66. The van der Waals surface area contributed by atoms with Crippen molar-refractivity contribution >= 4 is 44.6 Å². The van der Waals surface area contributed by atoms with E-state index >= 15 is 0 Å². The average molecular weight is 607 g/mol. The van der Waals surface area contributed by atoms with Crippen LogP contribution in [-0.4, -0.2) is 50.1 Å². The van der Waals surface area contributed by atoms with E-state index in [1.807, 2.05) is 50.2 Å². The fourth-order valence-corrected chi connectivity index (χ4v) is 5.39. The molecule has 41 heavy (non-hydrogen) atoms. The van der Waals surface area contributed by atoms with Crippen molar-refractivity contribution in [1.82, 2.24) is 16.0 Å². The summed E-state index contributed by atoms with van der Waals surface area (Å²) < 4.78 is 29.4. The van der Waals surface area contributed by atoms with E-state index in [0.717, 1.165) is 11.1 Å². The number of carbonyl (C=O) groups is 4. The number of hydrogen-bond donors (Lipinski definition) is 4. The van der Waals surface area contributed by atoms with Crippen molar-refractivity contribution < 1.29 is 32.3 Å². The first-order valence-electron chi connectivity index (χ1n) is 13.2. The van der Waals surface area contributed by atoms with Crippen molar-refractivity contribution in [2.75, 3.05) is 6.54 Å². The van der Waals surface area contributed by atoms with Gasteiger partial charge in [-0.25, -0.2) is 18.4 Å². The van der Waals surface area contributed by atoms with Crippen molar-refractivity contribution in [2.24, 2.45) is 17.0 Å². The van der Waals surface area contributed by atoms with Crippen molar-refractivity contribution in [3.63, 3.8) is 0 Å². The van der Waals surface area contributed by atoms with E-state index < -0.39 is 51.2 Å². The van der Waals surface area contributed by atoms with E-state index in [4.69, 9.17) is 21.5 Å². The van der Waals surface area contributed by atoms with Crippen LogP contribution in [0.2, 0.25) is 5.02 Å². The Balaban J connectivity index is 1.77. The molecule has 0 spiro atoms. The maximum atomic E-state index is 13.3. The zero-order valence-corrected chi connectivity index (χ0v) is 24.4. The fourth-order valence-electron chi connectivity index (χ4n) is 4.62. The van der Waals surface area contributed by atoms with Gasteiger partial charge in [-0.2, -0.15) is 0 Å². The Kier molecular flexibility index (Phi) is 11.3. The van der Waals surface area contributed by atoms with Crippen molar-refractivity contribution in [3.05, 3.63) is 70.7 Å². The number of nitrogens with one attached hydrogen (secondary N) is 3. The van der Waals surface area contributed by atoms with Crippen LogP contribution in [0.15, 0.2) is 54.6 Å². The number of primary sulfonamides is 1. The second-order valence-electron chi connectivity index (χ2n) is 10.4. The van der Waals surface area contributed by atoms with Gasteiger partial charge in [0.2, 0.25) is 11.8 Å². The summed E-state index contributed by atoms with van der Waals surface area (Å²) >= 11 is 6.13. The SMILES string of the molecule is CC(C)C[C@H](NC(=O)OC(Cc1cccc(Cl)c1)c1ccccc1)C(=O)N[C@@H](C[C@@H]1CCNC1=O)C(=O)S(N)(=O)=O. The molecule has 1 heterocycles. The summed E-state index contributed by atoms with van der Waals surface area (Å²) in [4.78, 5) is 51.1. The molecule has 2 aromatic rings. The molecule has 1 saturated heterocycles. The monoisotopic (exact) mass is 606 g/mol. The number of sulfonamides is 1. The first-order chi connectivity index (χ1) is 19.3. The molecule has 1 unspecified atom stereocenters. The van der Waals surface area contributed by atoms with Crippen LogP contribution in [0.1, 0.15) is 50.3 Å². The van der Waals surface area contributed by atoms with E-state index in [2.05, 4.69) is 16.0 Å². The van der Waals surface area contributed by atoms with E-state index in [-0.39, 0.29) is 24.7 Å². The van der Waals surface area contributed by atoms with Gasteiger partial charge in [0, 0.05) is 23.9 Å². The molecule has 0 aromatic heterocycles. The Labute approximate surface area is 244 Å². The predicted molar refractivity (Wildman–Crippen MR) is 153 cm³/mol. The number of rotatable bonds is 12. The first-order valence-corrected chi connectivity index (χ1v) is 15.2. The normalized spacial score (nSPS) is 17.3. The van der Waals surface area contributed by atoms with Crippen LogP contribution in [0.25, 0.3) is 0 Å². The minimum Gasteiger partial charge on any atom is -0.441 e. The molecule has 11 nitrogen and oxygen atoms in total. The van der Waals surface area contributed by atoms with Gasteiger partial charge in [0.15, 0.2) is 0 Å². The minimum absolute atomic E-state index is 0.0737. The maximum absolute atomic E-state index is 13.3. The van der Waals surface area contributed by atoms with Crippen molar-refractivity contribution in [1.29, 1.82) is 0 Å². The lowest BCUT2D eigenvalue weighted by atomic mass is 9.98. The molecule has 0 aliphatic carbocycles. The molecule has 5 N–H and O–H groups in total. The van der Waals surface area contributed by atoms with Gasteiger partial charge in [0.25, 0.3) is 15.1 Å². The Bertz CT molecular complexity index is 1350. The third-order valence-corrected chi connectivity index (χ3v) is 7.69. The summed E-state index contributed by atoms with van der Waals surface area (Å²) in [6.45, 7) is 4.03. The predicted octanol–water partition coefficient (Wildman–Crippen LogP) is 2.59. The number of carbonyl (C=O) groups excluding carboxylic acids is 4. The Hall–Kier alpha value is -3.48. The van der Waals surface area contributed by atoms with Gasteiger partial charge in [0.1, 0.15) is 18.2 Å². The molecule has 1 aliphatic rings. The highest BCUT2D eigenvalue weighted by Crippen LogP contribution is 2.24. The number of halogens is 1. The van der Waals surface area contributed by atoms with Crippen molar-refractivity contribution in [2.45, 2.75) is 57.7 Å². The van der Waals surface area contributed by atoms with Gasteiger partial charge in [0.05, 0.1) is 0 Å². The minimum atomic E-state index is -4.66. The molecular weight excluding hydrogens is 572 g/mol. The highest BCUT2D eigenvalue weighted by atomic mass is 35.5. The van der Waals surface area contributed by atoms with Gasteiger partial charge in [-0.05, 0) is 48.4 Å². The van der Waals surface area contributed by atoms with Gasteiger partial charge in [-0.15, -0.1) is 0 Å². The molecule has 0 bridgehead atoms. The summed E-state index contributed by atoms with van der Waals surface area (Å²) in [6.07, 6.45) is -1.00. The van der Waals surface area contributed by atoms with Crippen LogP contribution in [0, 0.1) is 11.8 Å². The number of hydrogen-bond acceptors (Lipinski definition) is 7. The summed E-state index contributed by atoms with van der Waals surface area (Å²) in [5, 5.41) is 11.7. The molecule has 0 radical (unpaired) electrons. The first kappa shape index (κ1) is 32.0. The second-order valence-corrected chi connectivity index (χ2v) is 12.3. The molecule has 1 aliphatic heterocycles. The quantitative estimate of drug-likeness (QED) is 0.287. The van der Waals surface area contributed by atoms with Crippen LogP contribution in [0.3, 0.4) is 0 Å². The summed E-state index contributed by atoms with van der Waals surface area (Å²) in [6, 6.07) is 13.5. The molecule has 13 heteroatoms. The van der Waals surface area contributed by atoms with Crippen molar-refractivity contribution in [3.8, 4) is 0 Å². The zero-order valence-electron chi connectivity index (χ0n) is 22.8. The average Bonchev–Trinajstić information content (AvgIpc) is 3.30. The third-order valence-electron chi connectivity index (χ3n) is 6.61. The lowest BCUT2D eigenvalue weighted by Gasteiger charge is -2.25. The standard InChI is InChI=1S/C28H35ClN4O7S/c1-17(2)13-22(26(35)32-23(27(36)41(30,38)39)16-20-11-12-31-25(20)34)33-28(37)40-24(19-8-4-3-5-9-19)15-18-7-6-10-21(29)14-18/h3-10,14,17,20,22-24H,11-13,15-16H2,1-2H3,(H,31,34)(H,32,35)(H,33,37)(H2,30,38,39)/t20-,22-,23-,24?/m0/s1. The highest BCUT2D eigenvalue weighted by Gasteiger charge is 2.37. The molecule has 4 atom stereocenters. The van der Waals surface area contributed by atoms with E-state index in [0.29, 0.717) is 24.4 Å².